The molecule has 4 heteroatoms. The van der Waals surface area contributed by atoms with Gasteiger partial charge in [-0.15, -0.1) is 0 Å². The Kier molecular flexibility index (Phi) is 5.64. The van der Waals surface area contributed by atoms with Crippen molar-refractivity contribution in [2.24, 2.45) is 0 Å². The second-order valence-electron chi connectivity index (χ2n) is 8.61. The van der Waals surface area contributed by atoms with Gasteiger partial charge in [0.15, 0.2) is 0 Å². The van der Waals surface area contributed by atoms with Crippen LogP contribution >= 0.6 is 0 Å². The maximum atomic E-state index is 3.84. The highest BCUT2D eigenvalue weighted by Crippen LogP contribution is 2.29. The molecule has 0 aromatic heterocycles. The van der Waals surface area contributed by atoms with Crippen molar-refractivity contribution >= 4 is 30.8 Å². The van der Waals surface area contributed by atoms with Gasteiger partial charge in [-0.05, 0) is 17.2 Å². The Labute approximate surface area is 135 Å². The monoisotopic (exact) mass is 335 g/mol. The number of rotatable bonds is 6. The maximum absolute atomic E-state index is 3.84. The molecule has 1 aromatic rings. The molecular formula is C17H33NSi3. The molecule has 0 N–H and O–H groups in total. The van der Waals surface area contributed by atoms with Crippen LogP contribution in [0.3, 0.4) is 0 Å². The van der Waals surface area contributed by atoms with Crippen molar-refractivity contribution in [3.8, 4) is 0 Å². The lowest BCUT2D eigenvalue weighted by atomic mass is 10.1. The number of nitrogens with zero attached hydrogens (tertiary/aromatic N) is 1. The standard InChI is InChI=1S/C17H33NSi3/c1-10-16-11-13-17(14-12-16)15-21(8,9)18(19(2,3)4)20(5,6)7/h10-14H,1,15H2,2-9H3. The van der Waals surface area contributed by atoms with Crippen LogP contribution < -0.4 is 0 Å². The minimum absolute atomic E-state index is 1.21. The molecule has 1 nitrogen and oxygen atoms in total. The third-order valence-electron chi connectivity index (χ3n) is 3.80. The molecule has 118 valence electrons. The molecular weight excluding hydrogens is 302 g/mol. The van der Waals surface area contributed by atoms with E-state index < -0.39 is 24.7 Å². The Morgan fingerprint density at radius 2 is 1.29 bits per heavy atom. The van der Waals surface area contributed by atoms with Gasteiger partial charge in [-0.1, -0.05) is 89.3 Å². The smallest absolute Gasteiger partial charge is 0.113 e. The van der Waals surface area contributed by atoms with Crippen LogP contribution in [0.15, 0.2) is 30.8 Å². The predicted molar refractivity (Wildman–Crippen MR) is 106 cm³/mol. The lowest BCUT2D eigenvalue weighted by Gasteiger charge is -2.53. The zero-order valence-electron chi connectivity index (χ0n) is 15.2. The molecule has 0 saturated carbocycles. The highest BCUT2D eigenvalue weighted by Gasteiger charge is 2.44. The topological polar surface area (TPSA) is 3.24 Å². The highest BCUT2D eigenvalue weighted by molar-refractivity contribution is 7.03. The van der Waals surface area contributed by atoms with Crippen LogP contribution in [0.5, 0.6) is 0 Å². The Morgan fingerprint density at radius 3 is 1.62 bits per heavy atom. The molecule has 0 unspecified atom stereocenters. The number of hydrogen-bond acceptors (Lipinski definition) is 1. The van der Waals surface area contributed by atoms with Crippen LogP contribution in [0.2, 0.25) is 52.4 Å². The lowest BCUT2D eigenvalue weighted by Crippen LogP contribution is -2.70. The van der Waals surface area contributed by atoms with E-state index in [0.717, 1.165) is 0 Å². The van der Waals surface area contributed by atoms with Crippen LogP contribution in [-0.4, -0.2) is 28.6 Å². The molecule has 0 bridgehead atoms. The second-order valence-corrected chi connectivity index (χ2v) is 24.0. The molecule has 0 atom stereocenters. The van der Waals surface area contributed by atoms with Gasteiger partial charge < -0.3 is 3.90 Å². The highest BCUT2D eigenvalue weighted by atomic mass is 28.5. The Balaban J connectivity index is 3.08. The van der Waals surface area contributed by atoms with E-state index in [2.05, 4.69) is 87.1 Å². The number of hydrogen-bond donors (Lipinski definition) is 0. The van der Waals surface area contributed by atoms with E-state index in [4.69, 9.17) is 0 Å². The van der Waals surface area contributed by atoms with Gasteiger partial charge in [0.1, 0.15) is 24.7 Å². The summed E-state index contributed by atoms with van der Waals surface area (Å²) in [5, 5.41) is 0. The molecule has 0 radical (unpaired) electrons. The first-order valence-corrected chi connectivity index (χ1v) is 17.9. The quantitative estimate of drug-likeness (QED) is 0.613. The van der Waals surface area contributed by atoms with Gasteiger partial charge in [-0.3, -0.25) is 0 Å². The fourth-order valence-electron chi connectivity index (χ4n) is 4.17. The van der Waals surface area contributed by atoms with Crippen molar-refractivity contribution in [2.45, 2.75) is 58.4 Å². The molecule has 0 saturated heterocycles. The van der Waals surface area contributed by atoms with Crippen molar-refractivity contribution in [3.05, 3.63) is 42.0 Å². The normalized spacial score (nSPS) is 13.6. The van der Waals surface area contributed by atoms with Crippen LogP contribution in [0, 0.1) is 0 Å². The van der Waals surface area contributed by atoms with E-state index in [9.17, 15) is 0 Å². The van der Waals surface area contributed by atoms with E-state index in [1.165, 1.54) is 17.2 Å². The third kappa shape index (κ3) is 5.06. The average molecular weight is 336 g/mol. The first-order valence-electron chi connectivity index (χ1n) is 7.90. The summed E-state index contributed by atoms with van der Waals surface area (Å²) in [4.78, 5) is 0. The van der Waals surface area contributed by atoms with Gasteiger partial charge in [-0.25, -0.2) is 0 Å². The first kappa shape index (κ1) is 18.6. The van der Waals surface area contributed by atoms with Crippen molar-refractivity contribution in [1.82, 2.24) is 3.90 Å². The van der Waals surface area contributed by atoms with Crippen LogP contribution in [0.25, 0.3) is 6.08 Å². The summed E-state index contributed by atoms with van der Waals surface area (Å²) in [6, 6.07) is 10.2. The van der Waals surface area contributed by atoms with Gasteiger partial charge >= 0.3 is 0 Å². The molecule has 1 aromatic carbocycles. The Morgan fingerprint density at radius 1 is 0.857 bits per heavy atom. The first-order chi connectivity index (χ1) is 9.38. The molecule has 0 spiro atoms. The molecule has 0 aliphatic heterocycles. The summed E-state index contributed by atoms with van der Waals surface area (Å²) in [6.07, 6.45) is 1.92. The molecule has 1 rings (SSSR count). The third-order valence-corrected chi connectivity index (χ3v) is 20.6. The summed E-state index contributed by atoms with van der Waals surface area (Å²) >= 11 is 0. The summed E-state index contributed by atoms with van der Waals surface area (Å²) in [5.41, 5.74) is 2.70. The van der Waals surface area contributed by atoms with E-state index in [0.29, 0.717) is 0 Å². The van der Waals surface area contributed by atoms with E-state index in [-0.39, 0.29) is 0 Å². The van der Waals surface area contributed by atoms with Crippen molar-refractivity contribution in [2.75, 3.05) is 0 Å². The SMILES string of the molecule is C=Cc1ccc(C[Si](C)(C)N([Si](C)(C)C)[Si](C)(C)C)cc1. The van der Waals surface area contributed by atoms with Gasteiger partial charge in [0.2, 0.25) is 0 Å². The largest absolute Gasteiger partial charge is 0.368 e. The minimum Gasteiger partial charge on any atom is -0.368 e. The van der Waals surface area contributed by atoms with Crippen LogP contribution in [0.1, 0.15) is 11.1 Å². The van der Waals surface area contributed by atoms with Gasteiger partial charge in [-0.2, -0.15) is 0 Å². The minimum atomic E-state index is -1.44. The number of benzene rings is 1. The van der Waals surface area contributed by atoms with E-state index in [1.807, 2.05) is 6.08 Å². The second kappa shape index (κ2) is 6.36. The van der Waals surface area contributed by atoms with E-state index in [1.54, 1.807) is 0 Å². The Hall–Kier alpha value is -0.429. The summed E-state index contributed by atoms with van der Waals surface area (Å²) in [7, 11) is -4.02. The van der Waals surface area contributed by atoms with E-state index >= 15 is 0 Å². The fraction of sp³-hybridized carbons (Fsp3) is 0.529. The zero-order chi connectivity index (χ0) is 16.5. The summed E-state index contributed by atoms with van der Waals surface area (Å²) in [5.74, 6) is 0. The molecule has 0 aliphatic rings. The molecule has 0 heterocycles. The summed E-state index contributed by atoms with van der Waals surface area (Å²) in [6.45, 7) is 24.0. The van der Waals surface area contributed by atoms with Crippen molar-refractivity contribution in [1.29, 1.82) is 0 Å². The maximum Gasteiger partial charge on any atom is 0.113 e. The average Bonchev–Trinajstić information content (AvgIpc) is 2.24. The van der Waals surface area contributed by atoms with Crippen LogP contribution in [0.4, 0.5) is 0 Å². The molecule has 0 aliphatic carbocycles. The molecule has 0 amide bonds. The molecule has 0 fully saturated rings. The van der Waals surface area contributed by atoms with Gasteiger partial charge in [0, 0.05) is 0 Å². The van der Waals surface area contributed by atoms with Gasteiger partial charge in [0.05, 0.1) is 0 Å². The zero-order valence-corrected chi connectivity index (χ0v) is 18.2. The van der Waals surface area contributed by atoms with Gasteiger partial charge in [0.25, 0.3) is 0 Å². The lowest BCUT2D eigenvalue weighted by molar-refractivity contribution is 0.876. The molecule has 21 heavy (non-hydrogen) atoms. The van der Waals surface area contributed by atoms with Crippen molar-refractivity contribution in [3.63, 3.8) is 0 Å². The van der Waals surface area contributed by atoms with Crippen molar-refractivity contribution < 1.29 is 0 Å². The fourth-order valence-corrected chi connectivity index (χ4v) is 28.6. The predicted octanol–water partition coefficient (Wildman–Crippen LogP) is 5.59. The Bertz CT molecular complexity index is 464. The summed E-state index contributed by atoms with van der Waals surface area (Å²) < 4.78 is 3.05. The van der Waals surface area contributed by atoms with Crippen LogP contribution in [-0.2, 0) is 6.04 Å².